The van der Waals surface area contributed by atoms with Gasteiger partial charge in [0.1, 0.15) is 11.5 Å². The predicted molar refractivity (Wildman–Crippen MR) is 217 cm³/mol. The molecular weight excluding hydrogens is 739 g/mol. The lowest BCUT2D eigenvalue weighted by atomic mass is 10.0. The van der Waals surface area contributed by atoms with Gasteiger partial charge < -0.3 is 10.2 Å². The number of nitrogens with one attached hydrogen (secondary N) is 2. The van der Waals surface area contributed by atoms with Crippen LogP contribution < -0.4 is 21.1 Å². The highest BCUT2D eigenvalue weighted by molar-refractivity contribution is 6.02. The number of ketones is 1. The Morgan fingerprint density at radius 2 is 1.64 bits per heavy atom. The number of carbonyl (C=O) groups is 4. The number of hydrogen-bond acceptors (Lipinski definition) is 12. The first kappa shape index (κ1) is 37.8. The van der Waals surface area contributed by atoms with Crippen molar-refractivity contribution in [1.29, 1.82) is 0 Å². The van der Waals surface area contributed by atoms with E-state index in [-0.39, 0.29) is 47.7 Å². The number of hydrogen-bond donors (Lipinski definition) is 2. The minimum absolute atomic E-state index is 0.0154. The van der Waals surface area contributed by atoms with Crippen molar-refractivity contribution >= 4 is 52.1 Å². The van der Waals surface area contributed by atoms with E-state index in [0.717, 1.165) is 101 Å². The topological polar surface area (TPSA) is 169 Å². The smallest absolute Gasteiger partial charge is 0.342 e. The Balaban J connectivity index is 0.770. The van der Waals surface area contributed by atoms with Gasteiger partial charge in [-0.1, -0.05) is 25.0 Å². The van der Waals surface area contributed by atoms with Crippen LogP contribution >= 0.6 is 0 Å². The van der Waals surface area contributed by atoms with E-state index >= 15 is 0 Å². The number of hydrazine groups is 1. The zero-order chi connectivity index (χ0) is 40.1. The summed E-state index contributed by atoms with van der Waals surface area (Å²) in [6, 6.07) is 9.98. The van der Waals surface area contributed by atoms with Crippen molar-refractivity contribution in [3.8, 4) is 0 Å². The standard InChI is InChI=1S/C42H49N11O5/c1-26-34-23-44-41(47-38(34)53(31-5-3-4-6-31)40(57)37(26)27(2)54)45-35-10-8-32(22-43-35)49-14-11-30(12-15-49)50-19-17-48(18-20-50)24-28-7-9-33-29(21-28)25-52(39(33)56)51-16-13-36(55)46-42(51)58/h7-10,21-23,30-31H,3-6,11-20,24-25H2,1-2H3,(H,46,55,58)(H,43,44,45,47). The van der Waals surface area contributed by atoms with Gasteiger partial charge in [0, 0.05) is 81.5 Å². The lowest BCUT2D eigenvalue weighted by Crippen LogP contribution is -2.56. The van der Waals surface area contributed by atoms with Crippen molar-refractivity contribution in [2.75, 3.05) is 56.0 Å². The van der Waals surface area contributed by atoms with Gasteiger partial charge in [-0.05, 0) is 74.4 Å². The molecule has 4 aromatic rings. The van der Waals surface area contributed by atoms with Crippen LogP contribution in [0.1, 0.15) is 95.3 Å². The van der Waals surface area contributed by atoms with Crippen LogP contribution in [-0.2, 0) is 17.9 Å². The molecule has 0 atom stereocenters. The molecule has 4 aliphatic heterocycles. The molecule has 4 fully saturated rings. The summed E-state index contributed by atoms with van der Waals surface area (Å²) in [7, 11) is 0. The number of anilines is 3. The maximum Gasteiger partial charge on any atom is 0.342 e. The molecule has 0 spiro atoms. The molecule has 16 nitrogen and oxygen atoms in total. The fourth-order valence-corrected chi connectivity index (χ4v) is 9.54. The van der Waals surface area contributed by atoms with Crippen LogP contribution in [0.5, 0.6) is 0 Å². The van der Waals surface area contributed by atoms with E-state index in [1.807, 2.05) is 24.4 Å². The van der Waals surface area contributed by atoms with E-state index in [1.165, 1.54) is 16.9 Å². The van der Waals surface area contributed by atoms with Crippen LogP contribution in [-0.4, -0.2) is 115 Å². The van der Waals surface area contributed by atoms with Crippen molar-refractivity contribution < 1.29 is 19.2 Å². The summed E-state index contributed by atoms with van der Waals surface area (Å²) in [4.78, 5) is 84.6. The summed E-state index contributed by atoms with van der Waals surface area (Å²) in [5.41, 5.74) is 4.87. The first-order valence-electron chi connectivity index (χ1n) is 20.5. The monoisotopic (exact) mass is 787 g/mol. The number of pyridine rings is 2. The third-order valence-corrected chi connectivity index (χ3v) is 12.7. The largest absolute Gasteiger partial charge is 0.370 e. The zero-order valence-corrected chi connectivity index (χ0v) is 33.1. The summed E-state index contributed by atoms with van der Waals surface area (Å²) in [6.45, 7) is 10.4. The number of nitrogens with zero attached hydrogens (tertiary/aromatic N) is 9. The number of piperazine rings is 1. The van der Waals surface area contributed by atoms with Crippen molar-refractivity contribution in [2.24, 2.45) is 0 Å². The second-order valence-electron chi connectivity index (χ2n) is 16.2. The Bertz CT molecular complexity index is 2340. The number of rotatable bonds is 9. The average Bonchev–Trinajstić information content (AvgIpc) is 3.86. The third-order valence-electron chi connectivity index (χ3n) is 12.7. The SMILES string of the molecule is CC(=O)c1c(C)c2cnc(Nc3ccc(N4CCC(N5CCN(Cc6ccc7c(c6)CN(N6CCC(=O)NC6=O)C7=O)CC5)CC4)cn3)nc2n(C2CCCC2)c1=O. The summed E-state index contributed by atoms with van der Waals surface area (Å²) < 4.78 is 1.72. The second kappa shape index (κ2) is 15.5. The molecule has 16 heteroatoms. The lowest BCUT2D eigenvalue weighted by molar-refractivity contribution is -0.123. The number of aromatic nitrogens is 4. The number of benzene rings is 1. The molecular formula is C42H49N11O5. The van der Waals surface area contributed by atoms with Crippen LogP contribution in [0, 0.1) is 6.92 Å². The van der Waals surface area contributed by atoms with Gasteiger partial charge in [-0.3, -0.25) is 38.9 Å². The molecule has 2 N–H and O–H groups in total. The molecule has 302 valence electrons. The molecule has 1 aromatic carbocycles. The highest BCUT2D eigenvalue weighted by Gasteiger charge is 2.37. The molecule has 7 heterocycles. The molecule has 0 radical (unpaired) electrons. The Kier molecular flexibility index (Phi) is 10.1. The number of imide groups is 1. The third kappa shape index (κ3) is 7.19. The summed E-state index contributed by atoms with van der Waals surface area (Å²) >= 11 is 0. The van der Waals surface area contributed by atoms with Crippen molar-refractivity contribution in [1.82, 2.24) is 44.7 Å². The van der Waals surface area contributed by atoms with Crippen LogP contribution in [0.2, 0.25) is 0 Å². The summed E-state index contributed by atoms with van der Waals surface area (Å²) in [5.74, 6) is 0.203. The maximum atomic E-state index is 13.6. The highest BCUT2D eigenvalue weighted by atomic mass is 16.2. The van der Waals surface area contributed by atoms with Gasteiger partial charge in [-0.15, -0.1) is 0 Å². The number of amides is 4. The van der Waals surface area contributed by atoms with Crippen LogP contribution in [0.15, 0.2) is 47.5 Å². The van der Waals surface area contributed by atoms with Gasteiger partial charge in [-0.2, -0.15) is 4.98 Å². The number of Topliss-reactive ketones (excluding diaryl/α,β-unsaturated/α-hetero) is 1. The first-order valence-corrected chi connectivity index (χ1v) is 20.5. The van der Waals surface area contributed by atoms with Crippen molar-refractivity contribution in [3.05, 3.63) is 80.9 Å². The Morgan fingerprint density at radius 1 is 0.862 bits per heavy atom. The Labute approximate surface area is 336 Å². The molecule has 58 heavy (non-hydrogen) atoms. The van der Waals surface area contributed by atoms with Crippen molar-refractivity contribution in [2.45, 2.75) is 84.0 Å². The molecule has 1 saturated carbocycles. The van der Waals surface area contributed by atoms with Crippen LogP contribution in [0.4, 0.5) is 22.2 Å². The summed E-state index contributed by atoms with van der Waals surface area (Å²) in [6.07, 6.45) is 9.79. The normalized spacial score (nSPS) is 20.0. The molecule has 9 rings (SSSR count). The maximum absolute atomic E-state index is 13.6. The Morgan fingerprint density at radius 3 is 2.34 bits per heavy atom. The van der Waals surface area contributed by atoms with E-state index in [4.69, 9.17) is 9.97 Å². The predicted octanol–water partition coefficient (Wildman–Crippen LogP) is 4.16. The minimum atomic E-state index is -0.550. The van der Waals surface area contributed by atoms with Gasteiger partial charge in [0.15, 0.2) is 5.78 Å². The highest BCUT2D eigenvalue weighted by Crippen LogP contribution is 2.33. The zero-order valence-electron chi connectivity index (χ0n) is 33.1. The van der Waals surface area contributed by atoms with Gasteiger partial charge in [0.25, 0.3) is 11.5 Å². The number of carbonyl (C=O) groups excluding carboxylic acids is 4. The number of urea groups is 1. The quantitative estimate of drug-likeness (QED) is 0.233. The van der Waals surface area contributed by atoms with Crippen molar-refractivity contribution in [3.63, 3.8) is 0 Å². The number of aryl methyl sites for hydroxylation is 1. The van der Waals surface area contributed by atoms with E-state index in [9.17, 15) is 24.0 Å². The van der Waals surface area contributed by atoms with Crippen LogP contribution in [0.25, 0.3) is 11.0 Å². The van der Waals surface area contributed by atoms with E-state index in [2.05, 4.69) is 42.5 Å². The molecule has 5 aliphatic rings. The van der Waals surface area contributed by atoms with Gasteiger partial charge in [0.2, 0.25) is 11.9 Å². The molecule has 0 unspecified atom stereocenters. The Hall–Kier alpha value is -5.74. The molecule has 3 saturated heterocycles. The lowest BCUT2D eigenvalue weighted by Gasteiger charge is -2.43. The van der Waals surface area contributed by atoms with E-state index < -0.39 is 6.03 Å². The van der Waals surface area contributed by atoms with E-state index in [1.54, 1.807) is 17.7 Å². The van der Waals surface area contributed by atoms with Gasteiger partial charge in [0.05, 0.1) is 30.5 Å². The van der Waals surface area contributed by atoms with E-state index in [0.29, 0.717) is 46.5 Å². The fraction of sp³-hybridized carbons (Fsp3) is 0.476. The number of fused-ring (bicyclic) bond motifs is 2. The van der Waals surface area contributed by atoms with Gasteiger partial charge in [-0.25, -0.2) is 24.8 Å². The van der Waals surface area contributed by atoms with Gasteiger partial charge >= 0.3 is 6.03 Å². The molecule has 1 aliphatic carbocycles. The number of piperidine rings is 1. The summed E-state index contributed by atoms with van der Waals surface area (Å²) in [5, 5.41) is 9.03. The molecule has 4 amide bonds. The first-order chi connectivity index (χ1) is 28.1. The van der Waals surface area contributed by atoms with Crippen LogP contribution in [0.3, 0.4) is 0 Å². The minimum Gasteiger partial charge on any atom is -0.370 e. The molecule has 3 aromatic heterocycles. The molecule has 0 bridgehead atoms. The average molecular weight is 788 g/mol. The fourth-order valence-electron chi connectivity index (χ4n) is 9.54. The second-order valence-corrected chi connectivity index (χ2v) is 16.2.